The minimum atomic E-state index is -0.490. The molecule has 3 aromatic rings. The second kappa shape index (κ2) is 7.67. The van der Waals surface area contributed by atoms with Crippen molar-refractivity contribution in [2.24, 2.45) is 0 Å². The number of carbonyl (C=O) groups excluding carboxylic acids is 1. The second-order valence-electron chi connectivity index (χ2n) is 6.96. The summed E-state index contributed by atoms with van der Waals surface area (Å²) in [5, 5.41) is 21.0. The van der Waals surface area contributed by atoms with Gasteiger partial charge in [0.2, 0.25) is 0 Å². The summed E-state index contributed by atoms with van der Waals surface area (Å²) >= 11 is 0. The summed E-state index contributed by atoms with van der Waals surface area (Å²) in [7, 11) is 0. The number of fused-ring (bicyclic) bond motifs is 1. The van der Waals surface area contributed by atoms with Gasteiger partial charge in [-0.1, -0.05) is 12.8 Å². The quantitative estimate of drug-likeness (QED) is 0.524. The number of rotatable bonds is 4. The van der Waals surface area contributed by atoms with E-state index in [2.05, 4.69) is 20.4 Å². The number of amides is 1. The van der Waals surface area contributed by atoms with Crippen molar-refractivity contribution in [3.05, 3.63) is 58.3 Å². The van der Waals surface area contributed by atoms with E-state index in [0.717, 1.165) is 18.8 Å². The number of hydrogen-bond donors (Lipinski definition) is 2. The van der Waals surface area contributed by atoms with E-state index in [1.165, 1.54) is 37.8 Å². The zero-order valence-electron chi connectivity index (χ0n) is 15.4. The number of nitrogens with one attached hydrogen (secondary N) is 2. The Kier molecular flexibility index (Phi) is 4.92. The number of nitro groups is 1. The average molecular weight is 379 g/mol. The minimum absolute atomic E-state index is 0.0789. The Balaban J connectivity index is 1.51. The van der Waals surface area contributed by atoms with Gasteiger partial charge in [-0.2, -0.15) is 5.10 Å². The van der Waals surface area contributed by atoms with E-state index in [1.54, 1.807) is 6.07 Å². The molecule has 0 radical (unpaired) electrons. The number of aromatic amines is 1. The highest BCUT2D eigenvalue weighted by Crippen LogP contribution is 2.24. The minimum Gasteiger partial charge on any atom is -0.372 e. The molecule has 2 aromatic carbocycles. The molecule has 1 aliphatic rings. The number of aromatic nitrogens is 2. The molecule has 4 rings (SSSR count). The van der Waals surface area contributed by atoms with Gasteiger partial charge in [0.05, 0.1) is 10.4 Å². The van der Waals surface area contributed by atoms with Gasteiger partial charge in [-0.05, 0) is 43.2 Å². The number of nitrogens with zero attached hydrogens (tertiary/aromatic N) is 3. The Morgan fingerprint density at radius 3 is 2.46 bits per heavy atom. The van der Waals surface area contributed by atoms with Crippen LogP contribution in [0.15, 0.2) is 42.5 Å². The predicted molar refractivity (Wildman–Crippen MR) is 108 cm³/mol. The average Bonchev–Trinajstić information content (AvgIpc) is 2.93. The summed E-state index contributed by atoms with van der Waals surface area (Å²) in [5.41, 5.74) is 2.44. The third-order valence-corrected chi connectivity index (χ3v) is 5.07. The highest BCUT2D eigenvalue weighted by molar-refractivity contribution is 6.11. The zero-order valence-corrected chi connectivity index (χ0v) is 15.4. The molecule has 0 aliphatic carbocycles. The molecule has 0 bridgehead atoms. The Labute approximate surface area is 161 Å². The lowest BCUT2D eigenvalue weighted by molar-refractivity contribution is -0.384. The molecule has 0 saturated carbocycles. The summed E-state index contributed by atoms with van der Waals surface area (Å²) in [4.78, 5) is 25.5. The van der Waals surface area contributed by atoms with Crippen LogP contribution in [0.2, 0.25) is 0 Å². The van der Waals surface area contributed by atoms with Crippen molar-refractivity contribution in [3.63, 3.8) is 0 Å². The monoisotopic (exact) mass is 379 g/mol. The molecule has 0 spiro atoms. The smallest absolute Gasteiger partial charge is 0.276 e. The fraction of sp³-hybridized carbons (Fsp3) is 0.300. The molecule has 8 nitrogen and oxygen atoms in total. The first kappa shape index (κ1) is 18.0. The first-order valence-electron chi connectivity index (χ1n) is 9.41. The highest BCUT2D eigenvalue weighted by Gasteiger charge is 2.18. The van der Waals surface area contributed by atoms with Crippen molar-refractivity contribution in [1.29, 1.82) is 0 Å². The Morgan fingerprint density at radius 2 is 1.79 bits per heavy atom. The molecule has 144 valence electrons. The topological polar surface area (TPSA) is 104 Å². The molecule has 1 aromatic heterocycles. The van der Waals surface area contributed by atoms with E-state index in [4.69, 9.17) is 0 Å². The van der Waals surface area contributed by atoms with Crippen LogP contribution in [0.25, 0.3) is 10.9 Å². The Morgan fingerprint density at radius 1 is 1.07 bits per heavy atom. The van der Waals surface area contributed by atoms with E-state index in [0.29, 0.717) is 16.6 Å². The summed E-state index contributed by atoms with van der Waals surface area (Å²) in [6.07, 6.45) is 4.97. The lowest BCUT2D eigenvalue weighted by atomic mass is 10.1. The largest absolute Gasteiger partial charge is 0.372 e. The van der Waals surface area contributed by atoms with Crippen LogP contribution < -0.4 is 10.2 Å². The van der Waals surface area contributed by atoms with E-state index in [1.807, 2.05) is 24.3 Å². The number of non-ortho nitro benzene ring substituents is 1. The maximum atomic E-state index is 12.6. The van der Waals surface area contributed by atoms with Crippen molar-refractivity contribution < 1.29 is 9.72 Å². The first-order valence-corrected chi connectivity index (χ1v) is 9.41. The number of carbonyl (C=O) groups is 1. The van der Waals surface area contributed by atoms with Gasteiger partial charge in [0.15, 0.2) is 5.69 Å². The summed E-state index contributed by atoms with van der Waals surface area (Å²) in [6, 6.07) is 12.0. The van der Waals surface area contributed by atoms with Gasteiger partial charge >= 0.3 is 0 Å². The van der Waals surface area contributed by atoms with E-state index in [9.17, 15) is 14.9 Å². The summed E-state index contributed by atoms with van der Waals surface area (Å²) in [5.74, 6) is -0.408. The number of H-pyrrole nitrogens is 1. The fourth-order valence-corrected chi connectivity index (χ4v) is 3.56. The fourth-order valence-electron chi connectivity index (χ4n) is 3.56. The van der Waals surface area contributed by atoms with Crippen LogP contribution >= 0.6 is 0 Å². The molecule has 0 unspecified atom stereocenters. The van der Waals surface area contributed by atoms with Gasteiger partial charge in [-0.25, -0.2) is 0 Å². The zero-order chi connectivity index (χ0) is 19.5. The summed E-state index contributed by atoms with van der Waals surface area (Å²) < 4.78 is 0. The third kappa shape index (κ3) is 3.66. The Bertz CT molecular complexity index is 1000. The Hall–Kier alpha value is -3.42. The van der Waals surface area contributed by atoms with Gasteiger partial charge in [0.1, 0.15) is 0 Å². The van der Waals surface area contributed by atoms with Crippen molar-refractivity contribution in [3.8, 4) is 0 Å². The third-order valence-electron chi connectivity index (χ3n) is 5.07. The van der Waals surface area contributed by atoms with Gasteiger partial charge in [-0.3, -0.25) is 20.0 Å². The van der Waals surface area contributed by atoms with Gasteiger partial charge in [-0.15, -0.1) is 0 Å². The molecule has 2 N–H and O–H groups in total. The van der Waals surface area contributed by atoms with Crippen LogP contribution in [0, 0.1) is 10.1 Å². The second-order valence-corrected chi connectivity index (χ2v) is 6.96. The number of hydrogen-bond acceptors (Lipinski definition) is 5. The number of benzene rings is 2. The van der Waals surface area contributed by atoms with Gasteiger partial charge < -0.3 is 10.2 Å². The predicted octanol–water partition coefficient (Wildman–Crippen LogP) is 4.10. The van der Waals surface area contributed by atoms with E-state index in [-0.39, 0.29) is 11.4 Å². The molecular weight excluding hydrogens is 358 g/mol. The van der Waals surface area contributed by atoms with Crippen LogP contribution in [-0.4, -0.2) is 34.1 Å². The normalized spacial score (nSPS) is 14.6. The lowest BCUT2D eigenvalue weighted by Gasteiger charge is -2.22. The molecular formula is C20H21N5O3. The van der Waals surface area contributed by atoms with Crippen LogP contribution in [0.5, 0.6) is 0 Å². The first-order chi connectivity index (χ1) is 13.6. The molecule has 1 amide bonds. The molecule has 0 atom stereocenters. The molecule has 8 heteroatoms. The van der Waals surface area contributed by atoms with Crippen LogP contribution in [0.3, 0.4) is 0 Å². The van der Waals surface area contributed by atoms with E-state index >= 15 is 0 Å². The standard InChI is InChI=1S/C20H21N5O3/c26-20(19-17-13-16(25(27)28)9-10-18(17)22-23-19)21-14-5-7-15(8-6-14)24-11-3-1-2-4-12-24/h5-10,13H,1-4,11-12H2,(H,21,26)(H,22,23). The molecule has 28 heavy (non-hydrogen) atoms. The van der Waals surface area contributed by atoms with Crippen molar-refractivity contribution in [2.75, 3.05) is 23.3 Å². The SMILES string of the molecule is O=C(Nc1ccc(N2CCCCCC2)cc1)c1n[nH]c2ccc([N+](=O)[O-])cc12. The van der Waals surface area contributed by atoms with E-state index < -0.39 is 10.8 Å². The number of nitro benzene ring substituents is 1. The summed E-state index contributed by atoms with van der Waals surface area (Å²) in [6.45, 7) is 2.12. The van der Waals surface area contributed by atoms with Crippen LogP contribution in [0.4, 0.5) is 17.1 Å². The molecule has 1 fully saturated rings. The van der Waals surface area contributed by atoms with Gasteiger partial charge in [0, 0.05) is 42.0 Å². The van der Waals surface area contributed by atoms with Crippen LogP contribution in [-0.2, 0) is 0 Å². The van der Waals surface area contributed by atoms with Gasteiger partial charge in [0.25, 0.3) is 11.6 Å². The van der Waals surface area contributed by atoms with Crippen molar-refractivity contribution >= 4 is 33.9 Å². The maximum Gasteiger partial charge on any atom is 0.276 e. The molecule has 1 aliphatic heterocycles. The maximum absolute atomic E-state index is 12.6. The van der Waals surface area contributed by atoms with Crippen LogP contribution in [0.1, 0.15) is 36.2 Å². The van der Waals surface area contributed by atoms with Crippen molar-refractivity contribution in [2.45, 2.75) is 25.7 Å². The molecule has 2 heterocycles. The highest BCUT2D eigenvalue weighted by atomic mass is 16.6. The van der Waals surface area contributed by atoms with Crippen molar-refractivity contribution in [1.82, 2.24) is 10.2 Å². The molecule has 1 saturated heterocycles. The number of anilines is 2. The lowest BCUT2D eigenvalue weighted by Crippen LogP contribution is -2.23.